The molecule has 0 spiro atoms. The van der Waals surface area contributed by atoms with Gasteiger partial charge in [0.2, 0.25) is 0 Å². The van der Waals surface area contributed by atoms with E-state index in [0.29, 0.717) is 7.91 Å². The summed E-state index contributed by atoms with van der Waals surface area (Å²) in [5.41, 5.74) is 1.73. The fourth-order valence-electron chi connectivity index (χ4n) is 1.49. The van der Waals surface area contributed by atoms with Crippen molar-refractivity contribution in [3.05, 3.63) is 29.1 Å². The highest BCUT2D eigenvalue weighted by atomic mass is 32.2. The second-order valence-corrected chi connectivity index (χ2v) is 7.81. The first-order chi connectivity index (χ1) is 10.2. The lowest BCUT2D eigenvalue weighted by Gasteiger charge is -1.90. The first-order valence-corrected chi connectivity index (χ1v) is 8.44. The molecule has 0 saturated heterocycles. The average Bonchev–Trinajstić information content (AvgIpc) is 2.81. The number of carboxylic acids is 2. The van der Waals surface area contributed by atoms with Gasteiger partial charge in [0.05, 0.1) is 12.8 Å². The lowest BCUT2D eigenvalue weighted by molar-refractivity contribution is -0.137. The minimum Gasteiger partial charge on any atom is -0.481 e. The van der Waals surface area contributed by atoms with Crippen molar-refractivity contribution >= 4 is 59.0 Å². The fraction of sp³-hybridized carbons (Fsp3) is 0.333. The first kappa shape index (κ1) is 18.7. The molecule has 2 rings (SSSR count). The van der Waals surface area contributed by atoms with Gasteiger partial charge in [-0.1, -0.05) is 0 Å². The Labute approximate surface area is 144 Å². The molecule has 0 aliphatic carbocycles. The molecule has 0 unspecified atom stereocenters. The lowest BCUT2D eigenvalue weighted by Crippen LogP contribution is -1.99. The standard InChI is InChI=1S/2C6H7NO2S2/c2*1-3-4(2-5(8)9)11-6(10)7-3/h2*2H2,1H3,(H,7,10)(H,8,9). The molecule has 4 N–H and O–H groups in total. The zero-order chi connectivity index (χ0) is 16.9. The zero-order valence-corrected chi connectivity index (χ0v) is 15.0. The maximum Gasteiger partial charge on any atom is 0.308 e. The summed E-state index contributed by atoms with van der Waals surface area (Å²) in [5.74, 6) is -1.64. The van der Waals surface area contributed by atoms with Crippen LogP contribution in [-0.2, 0) is 22.4 Å². The van der Waals surface area contributed by atoms with Crippen LogP contribution >= 0.6 is 47.1 Å². The number of aliphatic carboxylic acids is 2. The van der Waals surface area contributed by atoms with Crippen LogP contribution in [0.4, 0.5) is 0 Å². The summed E-state index contributed by atoms with van der Waals surface area (Å²) in [4.78, 5) is 28.0. The van der Waals surface area contributed by atoms with Crippen molar-refractivity contribution < 1.29 is 19.8 Å². The lowest BCUT2D eigenvalue weighted by atomic mass is 10.3. The van der Waals surface area contributed by atoms with Crippen LogP contribution < -0.4 is 0 Å². The molecule has 0 aromatic carbocycles. The third-order valence-electron chi connectivity index (χ3n) is 2.47. The van der Waals surface area contributed by atoms with E-state index in [9.17, 15) is 9.59 Å². The third-order valence-corrected chi connectivity index (χ3v) is 5.14. The summed E-state index contributed by atoms with van der Waals surface area (Å²) in [6.07, 6.45) is 0.118. The molecule has 2 heterocycles. The van der Waals surface area contributed by atoms with Gasteiger partial charge >= 0.3 is 11.9 Å². The number of nitrogens with one attached hydrogen (secondary N) is 2. The van der Waals surface area contributed by atoms with Crippen LogP contribution in [0, 0.1) is 21.8 Å². The van der Waals surface area contributed by atoms with Gasteiger partial charge in [-0.25, -0.2) is 0 Å². The SMILES string of the molecule is Cc1[nH]c(=S)sc1CC(=O)O.Cc1[nH]c(=S)sc1CC(=O)O. The number of aryl methyl sites for hydroxylation is 2. The molecular weight excluding hydrogens is 364 g/mol. The molecule has 0 saturated carbocycles. The second-order valence-electron chi connectivity index (χ2n) is 4.27. The number of hydrogen-bond donors (Lipinski definition) is 4. The molecule has 2 aromatic heterocycles. The van der Waals surface area contributed by atoms with Gasteiger partial charge in [0, 0.05) is 21.1 Å². The van der Waals surface area contributed by atoms with Crippen LogP contribution in [0.25, 0.3) is 0 Å². The summed E-state index contributed by atoms with van der Waals surface area (Å²) in [6, 6.07) is 0. The van der Waals surface area contributed by atoms with Gasteiger partial charge in [0.1, 0.15) is 0 Å². The maximum atomic E-state index is 10.3. The maximum absolute atomic E-state index is 10.3. The number of rotatable bonds is 4. The summed E-state index contributed by atoms with van der Waals surface area (Å²) in [6.45, 7) is 3.65. The average molecular weight is 379 g/mol. The molecule has 0 aliphatic heterocycles. The molecule has 10 heteroatoms. The van der Waals surface area contributed by atoms with E-state index in [1.807, 2.05) is 13.8 Å². The van der Waals surface area contributed by atoms with Crippen molar-refractivity contribution in [1.82, 2.24) is 9.97 Å². The van der Waals surface area contributed by atoms with Crippen molar-refractivity contribution in [3.8, 4) is 0 Å². The predicted octanol–water partition coefficient (Wildman–Crippen LogP) is 3.48. The van der Waals surface area contributed by atoms with E-state index in [-0.39, 0.29) is 12.8 Å². The van der Waals surface area contributed by atoms with Crippen molar-refractivity contribution in [1.29, 1.82) is 0 Å². The van der Waals surface area contributed by atoms with Crippen molar-refractivity contribution in [2.24, 2.45) is 0 Å². The minimum absolute atomic E-state index is 0.0592. The van der Waals surface area contributed by atoms with Crippen LogP contribution in [0.5, 0.6) is 0 Å². The van der Waals surface area contributed by atoms with Gasteiger partial charge in [-0.15, -0.1) is 22.7 Å². The number of carboxylic acid groups (broad SMARTS) is 2. The number of aromatic amines is 2. The van der Waals surface area contributed by atoms with E-state index >= 15 is 0 Å². The molecule has 0 amide bonds. The highest BCUT2D eigenvalue weighted by Gasteiger charge is 2.06. The summed E-state index contributed by atoms with van der Waals surface area (Å²) in [5, 5.41) is 16.9. The Balaban J connectivity index is 0.000000220. The molecule has 6 nitrogen and oxygen atoms in total. The Hall–Kier alpha value is -1.36. The molecule has 0 aliphatic rings. The van der Waals surface area contributed by atoms with E-state index in [0.717, 1.165) is 21.1 Å². The van der Waals surface area contributed by atoms with Gasteiger partial charge in [-0.3, -0.25) is 9.59 Å². The van der Waals surface area contributed by atoms with Crippen molar-refractivity contribution in [3.63, 3.8) is 0 Å². The molecule has 0 radical (unpaired) electrons. The van der Waals surface area contributed by atoms with Crippen LogP contribution in [0.2, 0.25) is 0 Å². The fourth-order valence-corrected chi connectivity index (χ4v) is 4.05. The monoisotopic (exact) mass is 378 g/mol. The Morgan fingerprint density at radius 3 is 1.41 bits per heavy atom. The van der Waals surface area contributed by atoms with E-state index in [2.05, 4.69) is 9.97 Å². The van der Waals surface area contributed by atoms with Crippen molar-refractivity contribution in [2.45, 2.75) is 26.7 Å². The number of H-pyrrole nitrogens is 2. The zero-order valence-electron chi connectivity index (χ0n) is 11.8. The van der Waals surface area contributed by atoms with Gasteiger partial charge in [-0.2, -0.15) is 0 Å². The van der Waals surface area contributed by atoms with Crippen LogP contribution in [0.3, 0.4) is 0 Å². The van der Waals surface area contributed by atoms with E-state index in [1.54, 1.807) is 0 Å². The van der Waals surface area contributed by atoms with Gasteiger partial charge in [-0.05, 0) is 38.3 Å². The van der Waals surface area contributed by atoms with Gasteiger partial charge in [0.15, 0.2) is 7.91 Å². The Bertz CT molecular complexity index is 717. The predicted molar refractivity (Wildman–Crippen MR) is 91.2 cm³/mol. The molecule has 120 valence electrons. The molecule has 2 aromatic rings. The molecular formula is C12H14N2O4S4. The van der Waals surface area contributed by atoms with Gasteiger partial charge < -0.3 is 20.2 Å². The second kappa shape index (κ2) is 8.32. The summed E-state index contributed by atoms with van der Waals surface area (Å²) < 4.78 is 1.28. The largest absolute Gasteiger partial charge is 0.481 e. The summed E-state index contributed by atoms with van der Waals surface area (Å²) >= 11 is 12.3. The minimum atomic E-state index is -0.821. The number of carbonyl (C=O) groups is 2. The Morgan fingerprint density at radius 2 is 1.23 bits per heavy atom. The Morgan fingerprint density at radius 1 is 0.909 bits per heavy atom. The van der Waals surface area contributed by atoms with Crippen molar-refractivity contribution in [2.75, 3.05) is 0 Å². The first-order valence-electron chi connectivity index (χ1n) is 5.99. The van der Waals surface area contributed by atoms with Crippen LogP contribution in [0.1, 0.15) is 21.1 Å². The number of hydrogen-bond acceptors (Lipinski definition) is 6. The van der Waals surface area contributed by atoms with Gasteiger partial charge in [0.25, 0.3) is 0 Å². The molecule has 0 atom stereocenters. The molecule has 0 bridgehead atoms. The normalized spacial score (nSPS) is 9.91. The number of aromatic nitrogens is 2. The molecule has 22 heavy (non-hydrogen) atoms. The van der Waals surface area contributed by atoms with Crippen LogP contribution in [0.15, 0.2) is 0 Å². The highest BCUT2D eigenvalue weighted by Crippen LogP contribution is 2.15. The summed E-state index contributed by atoms with van der Waals surface area (Å²) in [7, 11) is 0. The smallest absolute Gasteiger partial charge is 0.308 e. The third kappa shape index (κ3) is 6.18. The van der Waals surface area contributed by atoms with E-state index < -0.39 is 11.9 Å². The van der Waals surface area contributed by atoms with E-state index in [4.69, 9.17) is 34.6 Å². The quantitative estimate of drug-likeness (QED) is 0.607. The Kier molecular flexibility index (Phi) is 7.07. The number of thiazole rings is 2. The topological polar surface area (TPSA) is 106 Å². The van der Waals surface area contributed by atoms with E-state index in [1.165, 1.54) is 22.7 Å². The molecule has 0 fully saturated rings. The van der Waals surface area contributed by atoms with Crippen LogP contribution in [-0.4, -0.2) is 32.1 Å². The highest BCUT2D eigenvalue weighted by molar-refractivity contribution is 7.73.